The summed E-state index contributed by atoms with van der Waals surface area (Å²) in [4.78, 5) is 4.58. The van der Waals surface area contributed by atoms with E-state index in [9.17, 15) is 0 Å². The van der Waals surface area contributed by atoms with Crippen molar-refractivity contribution in [2.24, 2.45) is 0 Å². The van der Waals surface area contributed by atoms with E-state index in [0.717, 1.165) is 22.6 Å². The third-order valence-electron chi connectivity index (χ3n) is 5.09. The zero-order chi connectivity index (χ0) is 22.0. The number of hydrogen-bond donors (Lipinski definition) is 0. The summed E-state index contributed by atoms with van der Waals surface area (Å²) in [5, 5.41) is 0. The van der Waals surface area contributed by atoms with Gasteiger partial charge in [-0.2, -0.15) is 0 Å². The van der Waals surface area contributed by atoms with Crippen LogP contribution < -0.4 is 0 Å². The van der Waals surface area contributed by atoms with Gasteiger partial charge in [0.05, 0.1) is 5.69 Å². The Labute approximate surface area is 176 Å². The maximum absolute atomic E-state index is 15.5. The van der Waals surface area contributed by atoms with Gasteiger partial charge < -0.3 is 0 Å². The number of halogens is 1. The minimum Gasteiger partial charge on any atom is -0.299 e. The molecule has 3 heteroatoms. The number of imidazole rings is 1. The van der Waals surface area contributed by atoms with Crippen molar-refractivity contribution in [1.82, 2.24) is 9.55 Å². The average molecular weight is 397 g/mol. The zero-order valence-electron chi connectivity index (χ0n) is 19.4. The summed E-state index contributed by atoms with van der Waals surface area (Å²) in [5.74, 6) is 0.789. The van der Waals surface area contributed by atoms with Crippen LogP contribution in [-0.4, -0.2) is 9.55 Å². The van der Waals surface area contributed by atoms with Gasteiger partial charge in [-0.1, -0.05) is 84.0 Å². The van der Waals surface area contributed by atoms with Crippen LogP contribution in [0.25, 0.3) is 17.1 Å². The van der Waals surface area contributed by atoms with E-state index in [-0.39, 0.29) is 0 Å². The highest BCUT2D eigenvalue weighted by Crippen LogP contribution is 2.39. The third-order valence-corrected chi connectivity index (χ3v) is 5.09. The van der Waals surface area contributed by atoms with Gasteiger partial charge in [-0.15, -0.1) is 0 Å². The van der Waals surface area contributed by atoms with Gasteiger partial charge >= 0.3 is 0 Å². The molecule has 0 radical (unpaired) electrons. The first-order chi connectivity index (χ1) is 14.0. The minimum atomic E-state index is -1.34. The van der Waals surface area contributed by atoms with Crippen LogP contribution in [0.5, 0.6) is 0 Å². The molecule has 0 saturated heterocycles. The van der Waals surface area contributed by atoms with E-state index in [1.807, 2.05) is 72.0 Å². The molecule has 3 rings (SSSR count). The van der Waals surface area contributed by atoms with Crippen molar-refractivity contribution in [3.63, 3.8) is 0 Å². The highest BCUT2D eigenvalue weighted by Gasteiger charge is 2.31. The van der Waals surface area contributed by atoms with Gasteiger partial charge in [0.15, 0.2) is 0 Å². The molecule has 1 heterocycles. The van der Waals surface area contributed by atoms with Crippen molar-refractivity contribution < 1.29 is 4.39 Å². The van der Waals surface area contributed by atoms with Crippen molar-refractivity contribution in [2.45, 2.75) is 73.9 Å². The Kier molecular flexibility index (Phi) is 9.80. The summed E-state index contributed by atoms with van der Waals surface area (Å²) in [5.41, 5.74) is 3.71. The quantitative estimate of drug-likeness (QED) is 0.425. The van der Waals surface area contributed by atoms with Crippen molar-refractivity contribution in [1.29, 1.82) is 0 Å². The molecule has 0 amide bonds. The van der Waals surface area contributed by atoms with Crippen LogP contribution in [0.15, 0.2) is 54.9 Å². The number of hydrogen-bond acceptors (Lipinski definition) is 1. The van der Waals surface area contributed by atoms with E-state index in [1.54, 1.807) is 6.20 Å². The first-order valence-corrected chi connectivity index (χ1v) is 10.9. The summed E-state index contributed by atoms with van der Waals surface area (Å²) in [6.07, 6.45) is 4.64. The van der Waals surface area contributed by atoms with Crippen LogP contribution in [0.1, 0.15) is 71.1 Å². The van der Waals surface area contributed by atoms with E-state index in [4.69, 9.17) is 0 Å². The maximum Gasteiger partial charge on any atom is 0.144 e. The Morgan fingerprint density at radius 2 is 1.41 bits per heavy atom. The fourth-order valence-corrected chi connectivity index (χ4v) is 3.57. The standard InChI is InChI=1S/C22H25FN2.2C2H6/c1-5-22(23,6-2)19-13-8-7-12-18(19)21-24-14-15-25(21)20-16(3)10-9-11-17(20)4;2*1-2/h7-15H,5-6H2,1-4H3;2*1-2H3. The molecule has 3 aromatic rings. The molecule has 0 fully saturated rings. The normalized spacial score (nSPS) is 10.5. The SMILES string of the molecule is CC.CC.CCC(F)(CC)c1ccccc1-c1nccn1-c1c(C)cccc1C. The predicted molar refractivity (Wildman–Crippen MR) is 125 cm³/mol. The Balaban J connectivity index is 0.000000989. The molecule has 2 nitrogen and oxygen atoms in total. The molecule has 0 aliphatic rings. The van der Waals surface area contributed by atoms with Crippen LogP contribution in [0.2, 0.25) is 0 Å². The fourth-order valence-electron chi connectivity index (χ4n) is 3.57. The first-order valence-electron chi connectivity index (χ1n) is 10.9. The summed E-state index contributed by atoms with van der Waals surface area (Å²) in [6.45, 7) is 16.0. The number of alkyl halides is 1. The molecule has 0 aliphatic heterocycles. The molecule has 158 valence electrons. The lowest BCUT2D eigenvalue weighted by Gasteiger charge is -2.26. The molecular formula is C26H37FN2. The highest BCUT2D eigenvalue weighted by molar-refractivity contribution is 5.66. The zero-order valence-corrected chi connectivity index (χ0v) is 19.4. The van der Waals surface area contributed by atoms with Crippen LogP contribution in [-0.2, 0) is 5.67 Å². The van der Waals surface area contributed by atoms with Crippen LogP contribution in [0.3, 0.4) is 0 Å². The minimum absolute atomic E-state index is 0.449. The number of aryl methyl sites for hydroxylation is 2. The molecule has 0 unspecified atom stereocenters. The number of aromatic nitrogens is 2. The van der Waals surface area contributed by atoms with Gasteiger partial charge in [0.2, 0.25) is 0 Å². The second-order valence-corrected chi connectivity index (χ2v) is 6.58. The molecule has 0 saturated carbocycles. The lowest BCUT2D eigenvalue weighted by atomic mass is 9.86. The Bertz CT molecular complexity index is 856. The summed E-state index contributed by atoms with van der Waals surface area (Å²) in [6, 6.07) is 14.0. The van der Waals surface area contributed by atoms with Crippen molar-refractivity contribution >= 4 is 0 Å². The molecule has 0 spiro atoms. The van der Waals surface area contributed by atoms with E-state index < -0.39 is 5.67 Å². The summed E-state index contributed by atoms with van der Waals surface area (Å²) >= 11 is 0. The Morgan fingerprint density at radius 3 is 1.97 bits per heavy atom. The second kappa shape index (κ2) is 11.5. The summed E-state index contributed by atoms with van der Waals surface area (Å²) in [7, 11) is 0. The molecule has 2 aromatic carbocycles. The predicted octanol–water partition coefficient (Wildman–Crippen LogP) is 8.19. The average Bonchev–Trinajstić information content (AvgIpc) is 3.25. The Morgan fingerprint density at radius 1 is 0.862 bits per heavy atom. The molecule has 0 atom stereocenters. The van der Waals surface area contributed by atoms with Gasteiger partial charge in [0, 0.05) is 18.0 Å². The fraction of sp³-hybridized carbons (Fsp3) is 0.423. The number of para-hydroxylation sites is 1. The van der Waals surface area contributed by atoms with E-state index >= 15 is 4.39 Å². The molecule has 29 heavy (non-hydrogen) atoms. The molecular weight excluding hydrogens is 359 g/mol. The topological polar surface area (TPSA) is 17.8 Å². The van der Waals surface area contributed by atoms with Crippen molar-refractivity contribution in [3.8, 4) is 17.1 Å². The van der Waals surface area contributed by atoms with Crippen LogP contribution in [0.4, 0.5) is 4.39 Å². The monoisotopic (exact) mass is 396 g/mol. The number of nitrogens with zero attached hydrogens (tertiary/aromatic N) is 2. The molecule has 0 N–H and O–H groups in total. The van der Waals surface area contributed by atoms with Crippen LogP contribution >= 0.6 is 0 Å². The van der Waals surface area contributed by atoms with Gasteiger partial charge in [-0.25, -0.2) is 9.37 Å². The van der Waals surface area contributed by atoms with E-state index in [2.05, 4.69) is 41.6 Å². The summed E-state index contributed by atoms with van der Waals surface area (Å²) < 4.78 is 17.6. The van der Waals surface area contributed by atoms with Gasteiger partial charge in [0.25, 0.3) is 0 Å². The number of rotatable bonds is 5. The molecule has 0 aliphatic carbocycles. The van der Waals surface area contributed by atoms with Crippen LogP contribution in [0, 0.1) is 13.8 Å². The lowest BCUT2D eigenvalue weighted by molar-refractivity contribution is 0.152. The first kappa shape index (κ1) is 24.6. The smallest absolute Gasteiger partial charge is 0.144 e. The van der Waals surface area contributed by atoms with Crippen molar-refractivity contribution in [2.75, 3.05) is 0 Å². The number of benzene rings is 2. The van der Waals surface area contributed by atoms with Gasteiger partial charge in [-0.3, -0.25) is 4.57 Å². The van der Waals surface area contributed by atoms with Gasteiger partial charge in [0.1, 0.15) is 11.5 Å². The Hall–Kier alpha value is -2.42. The molecule has 1 aromatic heterocycles. The third kappa shape index (κ3) is 5.14. The maximum atomic E-state index is 15.5. The lowest BCUT2D eigenvalue weighted by Crippen LogP contribution is -2.19. The van der Waals surface area contributed by atoms with E-state index in [0.29, 0.717) is 12.8 Å². The largest absolute Gasteiger partial charge is 0.299 e. The van der Waals surface area contributed by atoms with E-state index in [1.165, 1.54) is 11.1 Å². The van der Waals surface area contributed by atoms with Crippen molar-refractivity contribution in [3.05, 3.63) is 71.5 Å². The van der Waals surface area contributed by atoms with Gasteiger partial charge in [-0.05, 0) is 43.4 Å². The molecule has 0 bridgehead atoms. The second-order valence-electron chi connectivity index (χ2n) is 6.58. The highest BCUT2D eigenvalue weighted by atomic mass is 19.1.